The van der Waals surface area contributed by atoms with Crippen molar-refractivity contribution in [1.82, 2.24) is 19.4 Å². The average molecular weight is 444 g/mol. The first-order valence-corrected chi connectivity index (χ1v) is 11.0. The molecular formula is C22H29N5O3S. The van der Waals surface area contributed by atoms with E-state index < -0.39 is 0 Å². The van der Waals surface area contributed by atoms with Crippen LogP contribution in [-0.4, -0.2) is 59.6 Å². The Morgan fingerprint density at radius 2 is 1.94 bits per heavy atom. The number of benzene rings is 1. The number of carbonyl (C=O) groups is 1. The third kappa shape index (κ3) is 4.94. The number of aromatic nitrogens is 3. The number of carbonyl (C=O) groups excluding carboxylic acids is 1. The molecule has 2 aromatic heterocycles. The molecule has 0 fully saturated rings. The van der Waals surface area contributed by atoms with Crippen LogP contribution in [0, 0.1) is 20.8 Å². The van der Waals surface area contributed by atoms with Gasteiger partial charge in [-0.2, -0.15) is 0 Å². The molecule has 0 aliphatic rings. The Bertz CT molecular complexity index is 1150. The molecule has 0 saturated heterocycles. The van der Waals surface area contributed by atoms with E-state index in [2.05, 4.69) is 9.88 Å². The average Bonchev–Trinajstić information content (AvgIpc) is 3.17. The quantitative estimate of drug-likeness (QED) is 0.533. The number of ether oxygens (including phenoxy) is 1. The molecular weight excluding hydrogens is 414 g/mol. The molecule has 9 heteroatoms. The first kappa shape index (κ1) is 22.9. The van der Waals surface area contributed by atoms with Crippen molar-refractivity contribution in [3.8, 4) is 5.75 Å². The largest absolute Gasteiger partial charge is 0.494 e. The van der Waals surface area contributed by atoms with Gasteiger partial charge in [-0.05, 0) is 59.5 Å². The molecule has 0 unspecified atom stereocenters. The monoisotopic (exact) mass is 443 g/mol. The molecule has 3 aromatic rings. The van der Waals surface area contributed by atoms with Crippen molar-refractivity contribution < 1.29 is 9.53 Å². The first-order valence-electron chi connectivity index (χ1n) is 10.1. The molecule has 8 nitrogen and oxygen atoms in total. The summed E-state index contributed by atoms with van der Waals surface area (Å²) in [5, 5.41) is 0.608. The van der Waals surface area contributed by atoms with E-state index in [0.29, 0.717) is 28.7 Å². The van der Waals surface area contributed by atoms with Crippen molar-refractivity contribution in [2.24, 2.45) is 0 Å². The third-order valence-corrected chi connectivity index (χ3v) is 6.47. The van der Waals surface area contributed by atoms with Gasteiger partial charge in [0.25, 0.3) is 5.56 Å². The van der Waals surface area contributed by atoms with E-state index in [-0.39, 0.29) is 18.0 Å². The van der Waals surface area contributed by atoms with Gasteiger partial charge in [-0.3, -0.25) is 19.1 Å². The van der Waals surface area contributed by atoms with Crippen molar-refractivity contribution in [3.05, 3.63) is 45.6 Å². The number of aryl methyl sites for hydroxylation is 2. The second-order valence-corrected chi connectivity index (χ2v) is 8.83. The highest BCUT2D eigenvalue weighted by molar-refractivity contribution is 7.22. The Morgan fingerprint density at radius 1 is 1.19 bits per heavy atom. The zero-order valence-corrected chi connectivity index (χ0v) is 19.7. The molecule has 0 atom stereocenters. The molecule has 31 heavy (non-hydrogen) atoms. The van der Waals surface area contributed by atoms with Crippen molar-refractivity contribution in [2.45, 2.75) is 33.7 Å². The highest BCUT2D eigenvalue weighted by atomic mass is 32.1. The van der Waals surface area contributed by atoms with Gasteiger partial charge in [0.15, 0.2) is 5.13 Å². The van der Waals surface area contributed by atoms with Crippen LogP contribution in [0.2, 0.25) is 0 Å². The zero-order valence-electron chi connectivity index (χ0n) is 18.9. The molecule has 3 rings (SSSR count). The molecule has 166 valence electrons. The number of hydrogen-bond donors (Lipinski definition) is 0. The maximum Gasteiger partial charge on any atom is 0.256 e. The van der Waals surface area contributed by atoms with Crippen molar-refractivity contribution in [3.63, 3.8) is 0 Å². The smallest absolute Gasteiger partial charge is 0.256 e. The minimum atomic E-state index is -0.198. The minimum absolute atomic E-state index is 0.0824. The summed E-state index contributed by atoms with van der Waals surface area (Å²) >= 11 is 1.47. The van der Waals surface area contributed by atoms with Crippen LogP contribution in [0.4, 0.5) is 5.13 Å². The standard InChI is InChI=1S/C22H29N5O3S/c1-14-8-9-17(30-6)19-20(14)31-22(24-19)27(11-7-10-25(4)5)18(28)12-26-13-23-16(3)15(2)21(26)29/h8-9,13H,7,10-12H2,1-6H3. The molecule has 0 saturated carbocycles. The molecule has 2 heterocycles. The lowest BCUT2D eigenvalue weighted by Crippen LogP contribution is -2.38. The van der Waals surface area contributed by atoms with Gasteiger partial charge >= 0.3 is 0 Å². The van der Waals surface area contributed by atoms with E-state index >= 15 is 0 Å². The summed E-state index contributed by atoms with van der Waals surface area (Å²) in [7, 11) is 5.61. The van der Waals surface area contributed by atoms with E-state index in [0.717, 1.165) is 28.7 Å². The number of hydrogen-bond acceptors (Lipinski definition) is 7. The summed E-state index contributed by atoms with van der Waals surface area (Å²) in [6.07, 6.45) is 2.22. The Kier molecular flexibility index (Phi) is 7.07. The third-order valence-electron chi connectivity index (χ3n) is 5.25. The predicted octanol–water partition coefficient (Wildman–Crippen LogP) is 2.77. The van der Waals surface area contributed by atoms with Gasteiger partial charge in [-0.1, -0.05) is 17.4 Å². The molecule has 1 aromatic carbocycles. The predicted molar refractivity (Wildman–Crippen MR) is 124 cm³/mol. The SMILES string of the molecule is COc1ccc(C)c2sc(N(CCCN(C)C)C(=O)Cn3cnc(C)c(C)c3=O)nc12. The lowest BCUT2D eigenvalue weighted by atomic mass is 10.2. The minimum Gasteiger partial charge on any atom is -0.494 e. The number of amides is 1. The normalized spacial score (nSPS) is 11.3. The van der Waals surface area contributed by atoms with E-state index in [4.69, 9.17) is 9.72 Å². The summed E-state index contributed by atoms with van der Waals surface area (Å²) in [5.74, 6) is 0.486. The van der Waals surface area contributed by atoms with Crippen LogP contribution >= 0.6 is 11.3 Å². The molecule has 0 radical (unpaired) electrons. The lowest BCUT2D eigenvalue weighted by molar-refractivity contribution is -0.119. The second-order valence-electron chi connectivity index (χ2n) is 7.85. The maximum absolute atomic E-state index is 13.3. The Morgan fingerprint density at radius 3 is 2.61 bits per heavy atom. The van der Waals surface area contributed by atoms with E-state index in [1.165, 1.54) is 22.2 Å². The number of anilines is 1. The van der Waals surface area contributed by atoms with E-state index in [1.54, 1.807) is 25.9 Å². The van der Waals surface area contributed by atoms with E-state index in [1.807, 2.05) is 33.2 Å². The maximum atomic E-state index is 13.3. The molecule has 0 aliphatic heterocycles. The first-order chi connectivity index (χ1) is 14.7. The van der Waals surface area contributed by atoms with Gasteiger partial charge in [-0.15, -0.1) is 0 Å². The highest BCUT2D eigenvalue weighted by Gasteiger charge is 2.22. The summed E-state index contributed by atoms with van der Waals surface area (Å²) in [4.78, 5) is 38.6. The van der Waals surface area contributed by atoms with Gasteiger partial charge in [0.2, 0.25) is 5.91 Å². The molecule has 0 N–H and O–H groups in total. The Labute approximate surface area is 186 Å². The van der Waals surface area contributed by atoms with Crippen LogP contribution in [0.5, 0.6) is 5.75 Å². The van der Waals surface area contributed by atoms with Crippen LogP contribution in [0.1, 0.15) is 23.2 Å². The Balaban J connectivity index is 1.97. The molecule has 0 spiro atoms. The van der Waals surface area contributed by atoms with Crippen LogP contribution < -0.4 is 15.2 Å². The fourth-order valence-electron chi connectivity index (χ4n) is 3.27. The number of thiazole rings is 1. The van der Waals surface area contributed by atoms with Crippen LogP contribution in [-0.2, 0) is 11.3 Å². The van der Waals surface area contributed by atoms with E-state index in [9.17, 15) is 9.59 Å². The topological polar surface area (TPSA) is 80.6 Å². The molecule has 0 bridgehead atoms. The van der Waals surface area contributed by atoms with Crippen molar-refractivity contribution >= 4 is 32.6 Å². The van der Waals surface area contributed by atoms with Crippen molar-refractivity contribution in [1.29, 1.82) is 0 Å². The van der Waals surface area contributed by atoms with Gasteiger partial charge in [0, 0.05) is 17.8 Å². The second kappa shape index (κ2) is 9.57. The lowest BCUT2D eigenvalue weighted by Gasteiger charge is -2.21. The molecule has 0 aliphatic carbocycles. The van der Waals surface area contributed by atoms with Crippen LogP contribution in [0.25, 0.3) is 10.2 Å². The summed E-state index contributed by atoms with van der Waals surface area (Å²) in [6.45, 7) is 6.78. The van der Waals surface area contributed by atoms with Gasteiger partial charge in [0.05, 0.1) is 18.1 Å². The van der Waals surface area contributed by atoms with Gasteiger partial charge < -0.3 is 9.64 Å². The number of rotatable bonds is 8. The zero-order chi connectivity index (χ0) is 22.7. The number of fused-ring (bicyclic) bond motifs is 1. The van der Waals surface area contributed by atoms with Crippen LogP contribution in [0.15, 0.2) is 23.3 Å². The highest BCUT2D eigenvalue weighted by Crippen LogP contribution is 2.36. The summed E-state index contributed by atoms with van der Waals surface area (Å²) in [6, 6.07) is 3.88. The summed E-state index contributed by atoms with van der Waals surface area (Å²) < 4.78 is 7.82. The fraction of sp³-hybridized carbons (Fsp3) is 0.455. The van der Waals surface area contributed by atoms with Crippen molar-refractivity contribution in [2.75, 3.05) is 39.2 Å². The summed E-state index contributed by atoms with van der Waals surface area (Å²) in [5.41, 5.74) is 2.85. The fourth-order valence-corrected chi connectivity index (χ4v) is 4.36. The van der Waals surface area contributed by atoms with Gasteiger partial charge in [-0.25, -0.2) is 9.97 Å². The molecule has 1 amide bonds. The van der Waals surface area contributed by atoms with Crippen LogP contribution in [0.3, 0.4) is 0 Å². The van der Waals surface area contributed by atoms with Gasteiger partial charge in [0.1, 0.15) is 17.8 Å². The number of methoxy groups -OCH3 is 1. The Hall–Kier alpha value is -2.78. The number of nitrogens with zero attached hydrogens (tertiary/aromatic N) is 5.